The highest BCUT2D eigenvalue weighted by Gasteiger charge is 2.21. The van der Waals surface area contributed by atoms with E-state index in [-0.39, 0.29) is 29.9 Å². The van der Waals surface area contributed by atoms with Gasteiger partial charge in [-0.05, 0) is 31.5 Å². The summed E-state index contributed by atoms with van der Waals surface area (Å²) in [7, 11) is 0. The molecule has 2 N–H and O–H groups in total. The van der Waals surface area contributed by atoms with Gasteiger partial charge in [-0.15, -0.1) is 12.4 Å². The molecule has 2 rings (SSSR count). The van der Waals surface area contributed by atoms with Crippen LogP contribution in [0.2, 0.25) is 0 Å². The summed E-state index contributed by atoms with van der Waals surface area (Å²) in [4.78, 5) is 11.8. The van der Waals surface area contributed by atoms with Gasteiger partial charge in [0.15, 0.2) is 0 Å². The van der Waals surface area contributed by atoms with E-state index < -0.39 is 11.6 Å². The molecular formula is C12H15ClF2N2O. The van der Waals surface area contributed by atoms with Crippen LogP contribution in [0.5, 0.6) is 0 Å². The summed E-state index contributed by atoms with van der Waals surface area (Å²) in [5.74, 6) is -1.71. The van der Waals surface area contributed by atoms with Crippen LogP contribution in [0.25, 0.3) is 0 Å². The van der Waals surface area contributed by atoms with Crippen molar-refractivity contribution in [1.82, 2.24) is 5.32 Å². The summed E-state index contributed by atoms with van der Waals surface area (Å²) >= 11 is 0. The molecule has 1 fully saturated rings. The first-order valence-electron chi connectivity index (χ1n) is 5.63. The van der Waals surface area contributed by atoms with Crippen molar-refractivity contribution in [3.05, 3.63) is 29.8 Å². The van der Waals surface area contributed by atoms with Gasteiger partial charge in [-0.1, -0.05) is 0 Å². The van der Waals surface area contributed by atoms with Crippen LogP contribution in [0, 0.1) is 17.6 Å². The minimum absolute atomic E-state index is 0. The van der Waals surface area contributed by atoms with Gasteiger partial charge >= 0.3 is 0 Å². The zero-order valence-corrected chi connectivity index (χ0v) is 10.5. The maximum absolute atomic E-state index is 12.9. The predicted molar refractivity (Wildman–Crippen MR) is 67.8 cm³/mol. The van der Waals surface area contributed by atoms with Gasteiger partial charge in [-0.3, -0.25) is 4.79 Å². The Morgan fingerprint density at radius 1 is 1.28 bits per heavy atom. The molecular weight excluding hydrogens is 262 g/mol. The van der Waals surface area contributed by atoms with Crippen LogP contribution in [0.4, 0.5) is 14.5 Å². The third-order valence-corrected chi connectivity index (χ3v) is 2.80. The van der Waals surface area contributed by atoms with Crippen LogP contribution >= 0.6 is 12.4 Å². The third kappa shape index (κ3) is 3.92. The minimum atomic E-state index is -0.693. The molecule has 0 radical (unpaired) electrons. The summed E-state index contributed by atoms with van der Waals surface area (Å²) in [5, 5.41) is 5.65. The fourth-order valence-electron chi connectivity index (χ4n) is 1.95. The molecule has 0 saturated carbocycles. The van der Waals surface area contributed by atoms with Crippen molar-refractivity contribution in [2.24, 2.45) is 5.92 Å². The first kappa shape index (κ1) is 14.9. The van der Waals surface area contributed by atoms with Crippen LogP contribution < -0.4 is 10.6 Å². The summed E-state index contributed by atoms with van der Waals surface area (Å²) in [6.07, 6.45) is 1.74. The van der Waals surface area contributed by atoms with Crippen molar-refractivity contribution in [3.8, 4) is 0 Å². The fraction of sp³-hybridized carbons (Fsp3) is 0.417. The number of benzene rings is 1. The molecule has 1 heterocycles. The van der Waals surface area contributed by atoms with Crippen LogP contribution in [-0.4, -0.2) is 19.0 Å². The van der Waals surface area contributed by atoms with E-state index in [4.69, 9.17) is 0 Å². The zero-order chi connectivity index (χ0) is 12.3. The Bertz CT molecular complexity index is 402. The van der Waals surface area contributed by atoms with Gasteiger partial charge in [0.2, 0.25) is 5.91 Å². The average Bonchev–Trinajstić information content (AvgIpc) is 2.28. The lowest BCUT2D eigenvalue weighted by atomic mass is 9.99. The van der Waals surface area contributed by atoms with E-state index in [9.17, 15) is 13.6 Å². The second-order valence-corrected chi connectivity index (χ2v) is 4.19. The van der Waals surface area contributed by atoms with Crippen molar-refractivity contribution in [3.63, 3.8) is 0 Å². The monoisotopic (exact) mass is 276 g/mol. The van der Waals surface area contributed by atoms with Gasteiger partial charge in [-0.25, -0.2) is 8.78 Å². The molecule has 1 atom stereocenters. The molecule has 1 saturated heterocycles. The Kier molecular flexibility index (Phi) is 5.50. The van der Waals surface area contributed by atoms with E-state index in [1.54, 1.807) is 0 Å². The van der Waals surface area contributed by atoms with E-state index in [0.29, 0.717) is 6.54 Å². The Morgan fingerprint density at radius 2 is 1.94 bits per heavy atom. The van der Waals surface area contributed by atoms with Crippen LogP contribution in [0.15, 0.2) is 18.2 Å². The molecule has 1 amide bonds. The Hall–Kier alpha value is -1.20. The number of rotatable bonds is 2. The molecule has 1 aromatic rings. The van der Waals surface area contributed by atoms with Gasteiger partial charge in [-0.2, -0.15) is 0 Å². The number of piperidine rings is 1. The number of carbonyl (C=O) groups excluding carboxylic acids is 1. The second kappa shape index (κ2) is 6.66. The van der Waals surface area contributed by atoms with Crippen molar-refractivity contribution in [2.75, 3.05) is 18.4 Å². The lowest BCUT2D eigenvalue weighted by molar-refractivity contribution is -0.120. The molecule has 0 spiro atoms. The number of halogens is 3. The predicted octanol–water partition coefficient (Wildman–Crippen LogP) is 2.32. The van der Waals surface area contributed by atoms with Crippen LogP contribution in [0.3, 0.4) is 0 Å². The topological polar surface area (TPSA) is 41.1 Å². The molecule has 0 aliphatic carbocycles. The number of nitrogens with one attached hydrogen (secondary N) is 2. The van der Waals surface area contributed by atoms with Gasteiger partial charge < -0.3 is 10.6 Å². The number of hydrogen-bond donors (Lipinski definition) is 2. The highest BCUT2D eigenvalue weighted by molar-refractivity contribution is 5.92. The van der Waals surface area contributed by atoms with Gasteiger partial charge in [0.1, 0.15) is 11.6 Å². The normalized spacial score (nSPS) is 18.9. The largest absolute Gasteiger partial charge is 0.326 e. The Labute approximate surface area is 110 Å². The third-order valence-electron chi connectivity index (χ3n) is 2.80. The van der Waals surface area contributed by atoms with E-state index in [1.165, 1.54) is 0 Å². The van der Waals surface area contributed by atoms with Gasteiger partial charge in [0.05, 0.1) is 5.92 Å². The highest BCUT2D eigenvalue weighted by atomic mass is 35.5. The van der Waals surface area contributed by atoms with Crippen molar-refractivity contribution >= 4 is 24.0 Å². The molecule has 1 aliphatic heterocycles. The quantitative estimate of drug-likeness (QED) is 0.870. The standard InChI is InChI=1S/C12H14F2N2O.ClH/c13-9-4-10(14)6-11(5-9)16-12(17)8-2-1-3-15-7-8;/h4-6,8,15H,1-3,7H2,(H,16,17);1H/t8-;/m1./s1. The fourth-order valence-corrected chi connectivity index (χ4v) is 1.95. The smallest absolute Gasteiger partial charge is 0.228 e. The molecule has 100 valence electrons. The van der Waals surface area contributed by atoms with E-state index >= 15 is 0 Å². The molecule has 1 aliphatic rings. The number of carbonyl (C=O) groups is 1. The Balaban J connectivity index is 0.00000162. The number of anilines is 1. The average molecular weight is 277 g/mol. The summed E-state index contributed by atoms with van der Waals surface area (Å²) in [6, 6.07) is 2.99. The van der Waals surface area contributed by atoms with Crippen molar-refractivity contribution in [1.29, 1.82) is 0 Å². The van der Waals surface area contributed by atoms with E-state index in [1.807, 2.05) is 0 Å². The lowest BCUT2D eigenvalue weighted by Crippen LogP contribution is -2.37. The Morgan fingerprint density at radius 3 is 2.50 bits per heavy atom. The number of hydrogen-bond acceptors (Lipinski definition) is 2. The van der Waals surface area contributed by atoms with Crippen molar-refractivity contribution in [2.45, 2.75) is 12.8 Å². The maximum Gasteiger partial charge on any atom is 0.228 e. The molecule has 18 heavy (non-hydrogen) atoms. The lowest BCUT2D eigenvalue weighted by Gasteiger charge is -2.21. The van der Waals surface area contributed by atoms with Gasteiger partial charge in [0.25, 0.3) is 0 Å². The molecule has 1 aromatic carbocycles. The maximum atomic E-state index is 12.9. The number of amides is 1. The minimum Gasteiger partial charge on any atom is -0.326 e. The highest BCUT2D eigenvalue weighted by Crippen LogP contribution is 2.16. The molecule has 0 aromatic heterocycles. The summed E-state index contributed by atoms with van der Waals surface area (Å²) < 4.78 is 25.8. The van der Waals surface area contributed by atoms with Crippen LogP contribution in [-0.2, 0) is 4.79 Å². The second-order valence-electron chi connectivity index (χ2n) is 4.19. The summed E-state index contributed by atoms with van der Waals surface area (Å²) in [6.45, 7) is 1.53. The molecule has 6 heteroatoms. The van der Waals surface area contributed by atoms with E-state index in [2.05, 4.69) is 10.6 Å². The first-order chi connectivity index (χ1) is 8.15. The molecule has 3 nitrogen and oxygen atoms in total. The SMILES string of the molecule is Cl.O=C(Nc1cc(F)cc(F)c1)[C@@H]1CCCNC1. The first-order valence-corrected chi connectivity index (χ1v) is 5.63. The van der Waals surface area contributed by atoms with E-state index in [0.717, 1.165) is 37.6 Å². The van der Waals surface area contributed by atoms with Gasteiger partial charge in [0, 0.05) is 18.3 Å². The zero-order valence-electron chi connectivity index (χ0n) is 9.71. The van der Waals surface area contributed by atoms with Crippen LogP contribution in [0.1, 0.15) is 12.8 Å². The molecule has 0 bridgehead atoms. The van der Waals surface area contributed by atoms with Crippen molar-refractivity contribution < 1.29 is 13.6 Å². The molecule has 0 unspecified atom stereocenters. The summed E-state index contributed by atoms with van der Waals surface area (Å²) in [5.41, 5.74) is 0.165.